The van der Waals surface area contributed by atoms with Crippen LogP contribution in [0.5, 0.6) is 0 Å². The van der Waals surface area contributed by atoms with E-state index >= 15 is 0 Å². The van der Waals surface area contributed by atoms with Gasteiger partial charge in [0.15, 0.2) is 0 Å². The van der Waals surface area contributed by atoms with Crippen molar-refractivity contribution in [1.29, 1.82) is 0 Å². The Hall–Kier alpha value is -4.26. The first-order valence-electron chi connectivity index (χ1n) is 11.3. The molecule has 1 aliphatic rings. The summed E-state index contributed by atoms with van der Waals surface area (Å²) in [6.45, 7) is 1.02. The van der Waals surface area contributed by atoms with Crippen molar-refractivity contribution in [1.82, 2.24) is 15.1 Å². The lowest BCUT2D eigenvalue weighted by Crippen LogP contribution is -2.43. The molecular weight excluding hydrogens is 428 g/mol. The average molecular weight is 453 g/mol. The third-order valence-electron chi connectivity index (χ3n) is 6.20. The number of hydrogen-bond donors (Lipinski definition) is 2. The molecule has 34 heavy (non-hydrogen) atoms. The number of nitrogens with zero attached hydrogens (tertiary/aromatic N) is 2. The zero-order valence-electron chi connectivity index (χ0n) is 18.5. The number of piperidine rings is 1. The molecule has 4 aromatic rings. The molecule has 1 aromatic heterocycles. The van der Waals surface area contributed by atoms with Crippen LogP contribution in [0.2, 0.25) is 0 Å². The zero-order chi connectivity index (χ0) is 23.5. The summed E-state index contributed by atoms with van der Waals surface area (Å²) >= 11 is 0. The fraction of sp³-hybridized carbons (Fsp3) is 0.185. The second kappa shape index (κ2) is 9.31. The zero-order valence-corrected chi connectivity index (χ0v) is 18.5. The number of rotatable bonds is 4. The predicted molar refractivity (Wildman–Crippen MR) is 131 cm³/mol. The van der Waals surface area contributed by atoms with Crippen molar-refractivity contribution in [3.63, 3.8) is 0 Å². The molecule has 0 aliphatic carbocycles. The van der Waals surface area contributed by atoms with Gasteiger partial charge in [-0.15, -0.1) is 0 Å². The van der Waals surface area contributed by atoms with Gasteiger partial charge in [-0.3, -0.25) is 14.4 Å². The topological polar surface area (TPSA) is 95.2 Å². The minimum atomic E-state index is -0.289. The Kier molecular flexibility index (Phi) is 5.91. The largest absolute Gasteiger partial charge is 0.338 e. The SMILES string of the molecule is O=C(Nc1cccc(-c2ccc(=O)[nH]n2)c1)C1CCCN(C(=O)c2cccc3ccccc23)C1. The van der Waals surface area contributed by atoms with Gasteiger partial charge in [-0.05, 0) is 47.9 Å². The van der Waals surface area contributed by atoms with Crippen LogP contribution in [0.15, 0.2) is 83.7 Å². The van der Waals surface area contributed by atoms with Crippen LogP contribution < -0.4 is 10.9 Å². The van der Waals surface area contributed by atoms with Gasteiger partial charge in [-0.25, -0.2) is 5.10 Å². The van der Waals surface area contributed by atoms with Crippen LogP contribution in [0.3, 0.4) is 0 Å². The van der Waals surface area contributed by atoms with E-state index in [1.165, 1.54) is 6.07 Å². The number of carbonyl (C=O) groups excluding carboxylic acids is 2. The number of anilines is 1. The number of hydrogen-bond acceptors (Lipinski definition) is 4. The quantitative estimate of drug-likeness (QED) is 0.488. The summed E-state index contributed by atoms with van der Waals surface area (Å²) in [5.74, 6) is -0.440. The van der Waals surface area contributed by atoms with Crippen molar-refractivity contribution in [2.24, 2.45) is 5.92 Å². The van der Waals surface area contributed by atoms with Gasteiger partial charge in [-0.2, -0.15) is 5.10 Å². The molecule has 5 rings (SSSR count). The lowest BCUT2D eigenvalue weighted by Gasteiger charge is -2.32. The highest BCUT2D eigenvalue weighted by atomic mass is 16.2. The van der Waals surface area contributed by atoms with Gasteiger partial charge in [-0.1, -0.05) is 48.5 Å². The van der Waals surface area contributed by atoms with E-state index in [9.17, 15) is 14.4 Å². The van der Waals surface area contributed by atoms with E-state index in [1.807, 2.05) is 66.7 Å². The Labute approximate surface area is 196 Å². The lowest BCUT2D eigenvalue weighted by atomic mass is 9.95. The van der Waals surface area contributed by atoms with Crippen LogP contribution in [0.25, 0.3) is 22.0 Å². The molecule has 0 bridgehead atoms. The molecule has 1 atom stereocenters. The molecule has 2 heterocycles. The Morgan fingerprint density at radius 3 is 2.65 bits per heavy atom. The average Bonchev–Trinajstić information content (AvgIpc) is 2.88. The minimum Gasteiger partial charge on any atom is -0.338 e. The number of aromatic nitrogens is 2. The highest BCUT2D eigenvalue weighted by Gasteiger charge is 2.29. The van der Waals surface area contributed by atoms with Crippen molar-refractivity contribution in [3.05, 3.63) is 94.8 Å². The third-order valence-corrected chi connectivity index (χ3v) is 6.20. The maximum Gasteiger partial charge on any atom is 0.264 e. The maximum atomic E-state index is 13.3. The van der Waals surface area contributed by atoms with E-state index in [-0.39, 0.29) is 23.3 Å². The molecule has 0 radical (unpaired) electrons. The highest BCUT2D eigenvalue weighted by Crippen LogP contribution is 2.25. The Morgan fingerprint density at radius 2 is 1.79 bits per heavy atom. The number of benzene rings is 3. The number of aromatic amines is 1. The fourth-order valence-corrected chi connectivity index (χ4v) is 4.46. The molecule has 170 valence electrons. The summed E-state index contributed by atoms with van der Waals surface area (Å²) in [6, 6.07) is 24.0. The number of likely N-dealkylation sites (tertiary alicyclic amines) is 1. The van der Waals surface area contributed by atoms with Crippen molar-refractivity contribution >= 4 is 28.3 Å². The number of amides is 2. The predicted octanol–water partition coefficient (Wildman–Crippen LogP) is 4.08. The molecule has 1 fully saturated rings. The number of nitrogens with one attached hydrogen (secondary N) is 2. The van der Waals surface area contributed by atoms with Crippen LogP contribution >= 0.6 is 0 Å². The van der Waals surface area contributed by atoms with Crippen LogP contribution in [-0.2, 0) is 4.79 Å². The van der Waals surface area contributed by atoms with Gasteiger partial charge in [0.25, 0.3) is 11.5 Å². The first-order chi connectivity index (χ1) is 16.6. The summed E-state index contributed by atoms with van der Waals surface area (Å²) in [6.07, 6.45) is 1.50. The monoisotopic (exact) mass is 452 g/mol. The van der Waals surface area contributed by atoms with Gasteiger partial charge < -0.3 is 10.2 Å². The number of carbonyl (C=O) groups is 2. The maximum absolute atomic E-state index is 13.3. The molecule has 0 saturated carbocycles. The highest BCUT2D eigenvalue weighted by molar-refractivity contribution is 6.07. The minimum absolute atomic E-state index is 0.0413. The second-order valence-corrected chi connectivity index (χ2v) is 8.49. The number of H-pyrrole nitrogens is 1. The lowest BCUT2D eigenvalue weighted by molar-refractivity contribution is -0.121. The van der Waals surface area contributed by atoms with Crippen molar-refractivity contribution in [3.8, 4) is 11.3 Å². The van der Waals surface area contributed by atoms with Crippen LogP contribution in [0.1, 0.15) is 23.2 Å². The molecule has 1 saturated heterocycles. The van der Waals surface area contributed by atoms with Gasteiger partial charge >= 0.3 is 0 Å². The Balaban J connectivity index is 1.30. The van der Waals surface area contributed by atoms with E-state index < -0.39 is 0 Å². The molecule has 2 N–H and O–H groups in total. The normalized spacial score (nSPS) is 15.8. The summed E-state index contributed by atoms with van der Waals surface area (Å²) in [5, 5.41) is 11.4. The van der Waals surface area contributed by atoms with Crippen LogP contribution in [-0.4, -0.2) is 40.0 Å². The van der Waals surface area contributed by atoms with Gasteiger partial charge in [0.05, 0.1) is 11.6 Å². The molecule has 3 aromatic carbocycles. The second-order valence-electron chi connectivity index (χ2n) is 8.49. The third kappa shape index (κ3) is 4.45. The van der Waals surface area contributed by atoms with Crippen molar-refractivity contribution < 1.29 is 9.59 Å². The first kappa shape index (κ1) is 21.6. The molecular formula is C27H24N4O3. The van der Waals surface area contributed by atoms with Gasteiger partial charge in [0.2, 0.25) is 5.91 Å². The van der Waals surface area contributed by atoms with Gasteiger partial charge in [0.1, 0.15) is 0 Å². The molecule has 1 aliphatic heterocycles. The molecule has 0 spiro atoms. The standard InChI is InChI=1S/C27H24N4O3/c32-25-14-13-24(29-30-25)19-8-3-10-21(16-19)28-26(33)20-9-5-15-31(17-20)27(34)23-12-4-7-18-6-1-2-11-22(18)23/h1-4,6-8,10-14,16,20H,5,9,15,17H2,(H,28,33)(H,30,32). The number of fused-ring (bicyclic) bond motifs is 1. The van der Waals surface area contributed by atoms with Gasteiger partial charge in [0, 0.05) is 36.0 Å². The summed E-state index contributed by atoms with van der Waals surface area (Å²) in [7, 11) is 0. The van der Waals surface area contributed by atoms with Crippen molar-refractivity contribution in [2.75, 3.05) is 18.4 Å². The van der Waals surface area contributed by atoms with E-state index in [0.29, 0.717) is 30.0 Å². The summed E-state index contributed by atoms with van der Waals surface area (Å²) < 4.78 is 0. The van der Waals surface area contributed by atoms with Crippen LogP contribution in [0.4, 0.5) is 5.69 Å². The molecule has 1 unspecified atom stereocenters. The Bertz CT molecular complexity index is 1400. The fourth-order valence-electron chi connectivity index (χ4n) is 4.46. The van der Waals surface area contributed by atoms with E-state index in [0.717, 1.165) is 29.2 Å². The molecule has 2 amide bonds. The smallest absolute Gasteiger partial charge is 0.264 e. The van der Waals surface area contributed by atoms with Crippen LogP contribution in [0, 0.1) is 5.92 Å². The van der Waals surface area contributed by atoms with E-state index in [1.54, 1.807) is 11.0 Å². The van der Waals surface area contributed by atoms with E-state index in [2.05, 4.69) is 15.5 Å². The summed E-state index contributed by atoms with van der Waals surface area (Å²) in [4.78, 5) is 39.4. The Morgan fingerprint density at radius 1 is 0.971 bits per heavy atom. The summed E-state index contributed by atoms with van der Waals surface area (Å²) in [5.41, 5.74) is 2.44. The van der Waals surface area contributed by atoms with Crippen molar-refractivity contribution in [2.45, 2.75) is 12.8 Å². The van der Waals surface area contributed by atoms with E-state index in [4.69, 9.17) is 0 Å². The first-order valence-corrected chi connectivity index (χ1v) is 11.3. The molecule has 7 nitrogen and oxygen atoms in total. The molecule has 7 heteroatoms.